The van der Waals surface area contributed by atoms with Crippen LogP contribution in [-0.2, 0) is 21.3 Å². The highest BCUT2D eigenvalue weighted by Gasteiger charge is 2.30. The SMILES string of the molecule is COc1nc(-c2ccccc2)nc2c1CS(=O)(=O)C2. The molecule has 98 valence electrons. The third-order valence-electron chi connectivity index (χ3n) is 3.00. The number of sulfone groups is 1. The second-order valence-electron chi connectivity index (χ2n) is 4.38. The normalized spacial score (nSPS) is 16.1. The van der Waals surface area contributed by atoms with Crippen molar-refractivity contribution in [1.82, 2.24) is 9.97 Å². The maximum absolute atomic E-state index is 11.7. The van der Waals surface area contributed by atoms with E-state index in [0.717, 1.165) is 5.56 Å². The molecule has 0 atom stereocenters. The first-order valence-electron chi connectivity index (χ1n) is 5.79. The zero-order chi connectivity index (χ0) is 13.5. The lowest BCUT2D eigenvalue weighted by atomic mass is 10.2. The van der Waals surface area contributed by atoms with Gasteiger partial charge in [0, 0.05) is 5.56 Å². The van der Waals surface area contributed by atoms with E-state index in [-0.39, 0.29) is 11.5 Å². The van der Waals surface area contributed by atoms with Crippen LogP contribution in [0.4, 0.5) is 0 Å². The number of benzene rings is 1. The van der Waals surface area contributed by atoms with E-state index in [0.29, 0.717) is 23.0 Å². The highest BCUT2D eigenvalue weighted by molar-refractivity contribution is 7.90. The van der Waals surface area contributed by atoms with E-state index >= 15 is 0 Å². The van der Waals surface area contributed by atoms with Gasteiger partial charge in [0.1, 0.15) is 0 Å². The van der Waals surface area contributed by atoms with Crippen LogP contribution in [0.5, 0.6) is 5.88 Å². The van der Waals surface area contributed by atoms with E-state index in [1.54, 1.807) is 0 Å². The average molecular weight is 276 g/mol. The van der Waals surface area contributed by atoms with Gasteiger partial charge in [-0.2, -0.15) is 4.98 Å². The molecule has 0 spiro atoms. The van der Waals surface area contributed by atoms with Gasteiger partial charge < -0.3 is 4.74 Å². The summed E-state index contributed by atoms with van der Waals surface area (Å²) in [7, 11) is -1.63. The maximum atomic E-state index is 11.7. The van der Waals surface area contributed by atoms with E-state index in [1.165, 1.54) is 7.11 Å². The minimum atomic E-state index is -3.12. The van der Waals surface area contributed by atoms with Gasteiger partial charge in [0.05, 0.1) is 29.9 Å². The molecule has 0 radical (unpaired) electrons. The third kappa shape index (κ3) is 2.19. The van der Waals surface area contributed by atoms with Crippen molar-refractivity contribution < 1.29 is 13.2 Å². The maximum Gasteiger partial charge on any atom is 0.221 e. The highest BCUT2D eigenvalue weighted by atomic mass is 32.2. The molecule has 0 bridgehead atoms. The zero-order valence-corrected chi connectivity index (χ0v) is 11.1. The number of aromatic nitrogens is 2. The molecule has 1 aromatic carbocycles. The van der Waals surface area contributed by atoms with E-state index < -0.39 is 9.84 Å². The number of hydrogen-bond acceptors (Lipinski definition) is 5. The molecule has 0 N–H and O–H groups in total. The molecule has 0 amide bonds. The van der Waals surface area contributed by atoms with E-state index in [1.807, 2.05) is 30.3 Å². The zero-order valence-electron chi connectivity index (χ0n) is 10.3. The molecule has 1 aliphatic heterocycles. The van der Waals surface area contributed by atoms with Crippen molar-refractivity contribution in [2.75, 3.05) is 7.11 Å². The van der Waals surface area contributed by atoms with Gasteiger partial charge in [0.2, 0.25) is 5.88 Å². The largest absolute Gasteiger partial charge is 0.481 e. The first-order valence-corrected chi connectivity index (χ1v) is 7.61. The summed E-state index contributed by atoms with van der Waals surface area (Å²) in [6.45, 7) is 0. The van der Waals surface area contributed by atoms with Crippen molar-refractivity contribution in [3.63, 3.8) is 0 Å². The van der Waals surface area contributed by atoms with Crippen molar-refractivity contribution in [2.24, 2.45) is 0 Å². The molecule has 0 aliphatic carbocycles. The Balaban J connectivity index is 2.17. The van der Waals surface area contributed by atoms with E-state index in [4.69, 9.17) is 4.74 Å². The Morgan fingerprint density at radius 1 is 1.11 bits per heavy atom. The first-order chi connectivity index (χ1) is 9.09. The molecule has 1 aliphatic rings. The van der Waals surface area contributed by atoms with Crippen molar-refractivity contribution in [2.45, 2.75) is 11.5 Å². The number of nitrogens with zero attached hydrogens (tertiary/aromatic N) is 2. The van der Waals surface area contributed by atoms with Gasteiger partial charge >= 0.3 is 0 Å². The van der Waals surface area contributed by atoms with Crippen LogP contribution in [0, 0.1) is 0 Å². The second kappa shape index (κ2) is 4.31. The molecular formula is C13H12N2O3S. The summed E-state index contributed by atoms with van der Waals surface area (Å²) in [5, 5.41) is 0. The Labute approximate surface area is 111 Å². The van der Waals surface area contributed by atoms with Gasteiger partial charge in [0.25, 0.3) is 0 Å². The molecule has 0 unspecified atom stereocenters. The molecule has 6 heteroatoms. The molecule has 2 heterocycles. The van der Waals surface area contributed by atoms with Crippen LogP contribution in [0.1, 0.15) is 11.3 Å². The van der Waals surface area contributed by atoms with Crippen LogP contribution < -0.4 is 4.74 Å². The highest BCUT2D eigenvalue weighted by Crippen LogP contribution is 2.32. The van der Waals surface area contributed by atoms with Crippen LogP contribution in [0.25, 0.3) is 11.4 Å². The summed E-state index contributed by atoms with van der Waals surface area (Å²) in [4.78, 5) is 8.66. The predicted molar refractivity (Wildman–Crippen MR) is 70.3 cm³/mol. The summed E-state index contributed by atoms with van der Waals surface area (Å²) < 4.78 is 28.6. The number of rotatable bonds is 2. The molecular weight excluding hydrogens is 264 g/mol. The molecule has 0 saturated heterocycles. The Hall–Kier alpha value is -1.95. The fourth-order valence-electron chi connectivity index (χ4n) is 2.14. The Kier molecular flexibility index (Phi) is 2.74. The fraction of sp³-hybridized carbons (Fsp3) is 0.231. The number of fused-ring (bicyclic) bond motifs is 1. The van der Waals surface area contributed by atoms with Crippen LogP contribution in [0.2, 0.25) is 0 Å². The Morgan fingerprint density at radius 2 is 1.84 bits per heavy atom. The standard InChI is InChI=1S/C13H12N2O3S/c1-18-13-10-7-19(16,17)8-11(10)14-12(15-13)9-5-3-2-4-6-9/h2-6H,7-8H2,1H3. The quantitative estimate of drug-likeness (QED) is 0.833. The lowest BCUT2D eigenvalue weighted by Gasteiger charge is -2.07. The molecule has 19 heavy (non-hydrogen) atoms. The summed E-state index contributed by atoms with van der Waals surface area (Å²) in [6.07, 6.45) is 0. The molecule has 1 aromatic heterocycles. The van der Waals surface area contributed by atoms with Gasteiger partial charge in [-0.1, -0.05) is 30.3 Å². The van der Waals surface area contributed by atoms with Crippen molar-refractivity contribution in [3.8, 4) is 17.3 Å². The molecule has 5 nitrogen and oxygen atoms in total. The Morgan fingerprint density at radius 3 is 2.53 bits per heavy atom. The van der Waals surface area contributed by atoms with Crippen molar-refractivity contribution >= 4 is 9.84 Å². The van der Waals surface area contributed by atoms with E-state index in [2.05, 4.69) is 9.97 Å². The smallest absolute Gasteiger partial charge is 0.221 e. The molecule has 2 aromatic rings. The minimum absolute atomic E-state index is 0.0406. The van der Waals surface area contributed by atoms with Crippen LogP contribution >= 0.6 is 0 Å². The number of ether oxygens (including phenoxy) is 1. The number of hydrogen-bond donors (Lipinski definition) is 0. The first kappa shape index (κ1) is 12.1. The molecule has 3 rings (SSSR count). The second-order valence-corrected chi connectivity index (χ2v) is 6.44. The average Bonchev–Trinajstić information content (AvgIpc) is 2.72. The monoisotopic (exact) mass is 276 g/mol. The lowest BCUT2D eigenvalue weighted by molar-refractivity contribution is 0.393. The summed E-state index contributed by atoms with van der Waals surface area (Å²) in [5.74, 6) is 0.764. The summed E-state index contributed by atoms with van der Waals surface area (Å²) >= 11 is 0. The fourth-order valence-corrected chi connectivity index (χ4v) is 3.62. The topological polar surface area (TPSA) is 69.2 Å². The third-order valence-corrected chi connectivity index (χ3v) is 4.44. The predicted octanol–water partition coefficient (Wildman–Crippen LogP) is 1.58. The van der Waals surface area contributed by atoms with Crippen LogP contribution in [0.15, 0.2) is 30.3 Å². The van der Waals surface area contributed by atoms with Gasteiger partial charge in [-0.05, 0) is 0 Å². The summed E-state index contributed by atoms with van der Waals surface area (Å²) in [6, 6.07) is 9.43. The van der Waals surface area contributed by atoms with Crippen molar-refractivity contribution in [3.05, 3.63) is 41.6 Å². The van der Waals surface area contributed by atoms with E-state index in [9.17, 15) is 8.42 Å². The van der Waals surface area contributed by atoms with Crippen molar-refractivity contribution in [1.29, 1.82) is 0 Å². The molecule has 0 saturated carbocycles. The minimum Gasteiger partial charge on any atom is -0.481 e. The van der Waals surface area contributed by atoms with Gasteiger partial charge in [-0.3, -0.25) is 0 Å². The number of methoxy groups -OCH3 is 1. The van der Waals surface area contributed by atoms with Gasteiger partial charge in [-0.25, -0.2) is 13.4 Å². The Bertz CT molecular complexity index is 727. The molecule has 0 fully saturated rings. The van der Waals surface area contributed by atoms with Gasteiger partial charge in [0.15, 0.2) is 15.7 Å². The van der Waals surface area contributed by atoms with Gasteiger partial charge in [-0.15, -0.1) is 0 Å². The van der Waals surface area contributed by atoms with Crippen LogP contribution in [0.3, 0.4) is 0 Å². The van der Waals surface area contributed by atoms with Crippen LogP contribution in [-0.4, -0.2) is 25.5 Å². The summed E-state index contributed by atoms with van der Waals surface area (Å²) in [5.41, 5.74) is 1.97. The lowest BCUT2D eigenvalue weighted by Crippen LogP contribution is -2.00.